The topological polar surface area (TPSA) is 49.3 Å². The zero-order valence-electron chi connectivity index (χ0n) is 10.1. The second-order valence-electron chi connectivity index (χ2n) is 4.01. The Morgan fingerprint density at radius 3 is 2.70 bits per heavy atom. The molecule has 2 N–H and O–H groups in total. The molecule has 0 fully saturated rings. The Morgan fingerprint density at radius 2 is 2.05 bits per heavy atom. The molecule has 7 heteroatoms. The van der Waals surface area contributed by atoms with Gasteiger partial charge in [0.05, 0.1) is 5.56 Å². The van der Waals surface area contributed by atoms with E-state index in [-0.39, 0.29) is 11.4 Å². The summed E-state index contributed by atoms with van der Waals surface area (Å²) in [5.74, 6) is -1.04. The van der Waals surface area contributed by atoms with Crippen molar-refractivity contribution >= 4 is 23.0 Å². The minimum atomic E-state index is -4.40. The lowest BCUT2D eigenvalue weighted by Gasteiger charge is -2.10. The van der Waals surface area contributed by atoms with E-state index in [9.17, 15) is 18.0 Å². The molecule has 0 bridgehead atoms. The summed E-state index contributed by atoms with van der Waals surface area (Å²) in [4.78, 5) is 11.1. The van der Waals surface area contributed by atoms with E-state index in [0.717, 1.165) is 23.5 Å². The summed E-state index contributed by atoms with van der Waals surface area (Å²) in [5.41, 5.74) is 0.0913. The minimum absolute atomic E-state index is 0.159. The maximum atomic E-state index is 12.5. The highest BCUT2D eigenvalue weighted by Gasteiger charge is 2.30. The average molecular weight is 301 g/mol. The molecule has 2 rings (SSSR count). The second-order valence-corrected chi connectivity index (χ2v) is 4.93. The predicted molar refractivity (Wildman–Crippen MR) is 70.0 cm³/mol. The predicted octanol–water partition coefficient (Wildman–Crippen LogP) is 4.08. The van der Waals surface area contributed by atoms with E-state index < -0.39 is 17.7 Å². The van der Waals surface area contributed by atoms with Crippen LogP contribution in [-0.4, -0.2) is 11.1 Å². The fourth-order valence-electron chi connectivity index (χ4n) is 1.67. The number of alkyl halides is 3. The molecule has 0 saturated carbocycles. The van der Waals surface area contributed by atoms with Crippen LogP contribution in [0, 0.1) is 0 Å². The quantitative estimate of drug-likeness (QED) is 0.894. The summed E-state index contributed by atoms with van der Waals surface area (Å²) in [6, 6.07) is 6.42. The molecule has 0 atom stereocenters. The van der Waals surface area contributed by atoms with Gasteiger partial charge in [-0.05, 0) is 35.2 Å². The van der Waals surface area contributed by atoms with E-state index in [2.05, 4.69) is 5.32 Å². The van der Waals surface area contributed by atoms with E-state index in [1.807, 2.05) is 0 Å². The molecule has 0 aliphatic carbocycles. The van der Waals surface area contributed by atoms with Crippen molar-refractivity contribution in [1.29, 1.82) is 0 Å². The number of anilines is 1. The minimum Gasteiger partial charge on any atom is -0.477 e. The van der Waals surface area contributed by atoms with Crippen LogP contribution in [0.4, 0.5) is 18.9 Å². The van der Waals surface area contributed by atoms with Crippen molar-refractivity contribution in [1.82, 2.24) is 0 Å². The largest absolute Gasteiger partial charge is 0.477 e. The highest BCUT2D eigenvalue weighted by atomic mass is 32.1. The summed E-state index contributed by atoms with van der Waals surface area (Å²) in [5, 5.41) is 13.4. The number of rotatable bonds is 4. The SMILES string of the molecule is O=C(O)c1sccc1CNc1cccc(C(F)(F)F)c1. The zero-order chi connectivity index (χ0) is 14.8. The number of hydrogen-bond donors (Lipinski definition) is 2. The van der Waals surface area contributed by atoms with Gasteiger partial charge in [0.2, 0.25) is 0 Å². The van der Waals surface area contributed by atoms with Crippen molar-refractivity contribution in [3.05, 3.63) is 51.7 Å². The molecule has 0 aliphatic rings. The van der Waals surface area contributed by atoms with E-state index >= 15 is 0 Å². The molecule has 1 aromatic heterocycles. The van der Waals surface area contributed by atoms with Crippen molar-refractivity contribution in [2.24, 2.45) is 0 Å². The number of hydrogen-bond acceptors (Lipinski definition) is 3. The summed E-state index contributed by atoms with van der Waals surface area (Å²) in [6.07, 6.45) is -4.40. The van der Waals surface area contributed by atoms with Crippen LogP contribution < -0.4 is 5.32 Å². The maximum absolute atomic E-state index is 12.5. The molecule has 106 valence electrons. The molecule has 0 amide bonds. The Balaban J connectivity index is 2.11. The summed E-state index contributed by atoms with van der Waals surface area (Å²) in [6.45, 7) is 0.159. The average Bonchev–Trinajstić information content (AvgIpc) is 2.84. The van der Waals surface area contributed by atoms with Gasteiger partial charge in [0.25, 0.3) is 0 Å². The molecule has 1 heterocycles. The zero-order valence-corrected chi connectivity index (χ0v) is 10.9. The molecule has 0 saturated heterocycles. The Hall–Kier alpha value is -2.02. The third-order valence-corrected chi connectivity index (χ3v) is 3.56. The number of carboxylic acid groups (broad SMARTS) is 1. The van der Waals surface area contributed by atoms with Gasteiger partial charge in [0.1, 0.15) is 4.88 Å². The highest BCUT2D eigenvalue weighted by Crippen LogP contribution is 2.30. The van der Waals surface area contributed by atoms with Crippen molar-refractivity contribution in [3.8, 4) is 0 Å². The number of thiophene rings is 1. The van der Waals surface area contributed by atoms with Crippen LogP contribution in [0.25, 0.3) is 0 Å². The van der Waals surface area contributed by atoms with Crippen molar-refractivity contribution < 1.29 is 23.1 Å². The van der Waals surface area contributed by atoms with Crippen LogP contribution in [0.2, 0.25) is 0 Å². The van der Waals surface area contributed by atoms with Gasteiger partial charge in [-0.25, -0.2) is 4.79 Å². The number of halogens is 3. The molecule has 2 aromatic rings. The third-order valence-electron chi connectivity index (χ3n) is 2.61. The maximum Gasteiger partial charge on any atom is 0.416 e. The Labute approximate surface area is 116 Å². The van der Waals surface area contributed by atoms with Crippen LogP contribution in [0.5, 0.6) is 0 Å². The Bertz CT molecular complexity index is 622. The van der Waals surface area contributed by atoms with Gasteiger partial charge in [-0.2, -0.15) is 13.2 Å². The monoisotopic (exact) mass is 301 g/mol. The van der Waals surface area contributed by atoms with Gasteiger partial charge in [0, 0.05) is 12.2 Å². The number of nitrogens with one attached hydrogen (secondary N) is 1. The van der Waals surface area contributed by atoms with E-state index in [1.54, 1.807) is 11.4 Å². The first-order valence-corrected chi connectivity index (χ1v) is 6.46. The summed E-state index contributed by atoms with van der Waals surface area (Å²) < 4.78 is 37.6. The van der Waals surface area contributed by atoms with Gasteiger partial charge in [-0.15, -0.1) is 11.3 Å². The lowest BCUT2D eigenvalue weighted by atomic mass is 10.2. The smallest absolute Gasteiger partial charge is 0.416 e. The molecular weight excluding hydrogens is 291 g/mol. The number of benzene rings is 1. The molecule has 1 aromatic carbocycles. The van der Waals surface area contributed by atoms with Crippen LogP contribution in [0.15, 0.2) is 35.7 Å². The summed E-state index contributed by atoms with van der Waals surface area (Å²) >= 11 is 1.08. The summed E-state index contributed by atoms with van der Waals surface area (Å²) in [7, 11) is 0. The Kier molecular flexibility index (Phi) is 3.99. The first kappa shape index (κ1) is 14.4. The third kappa shape index (κ3) is 3.30. The molecular formula is C13H10F3NO2S. The fourth-order valence-corrected chi connectivity index (χ4v) is 2.43. The Morgan fingerprint density at radius 1 is 1.30 bits per heavy atom. The van der Waals surface area contributed by atoms with Crippen molar-refractivity contribution in [3.63, 3.8) is 0 Å². The van der Waals surface area contributed by atoms with Gasteiger partial charge >= 0.3 is 12.1 Å². The normalized spacial score (nSPS) is 11.3. The second kappa shape index (κ2) is 5.54. The lowest BCUT2D eigenvalue weighted by Crippen LogP contribution is -2.07. The highest BCUT2D eigenvalue weighted by molar-refractivity contribution is 7.12. The standard InChI is InChI=1S/C13H10F3NO2S/c14-13(15,16)9-2-1-3-10(6-9)17-7-8-4-5-20-11(8)12(18)19/h1-6,17H,7H2,(H,18,19). The number of carbonyl (C=O) groups is 1. The van der Waals surface area contributed by atoms with E-state index in [4.69, 9.17) is 5.11 Å². The number of carboxylic acids is 1. The molecule has 0 spiro atoms. The number of aromatic carboxylic acids is 1. The molecule has 3 nitrogen and oxygen atoms in total. The van der Waals surface area contributed by atoms with Gasteiger partial charge < -0.3 is 10.4 Å². The van der Waals surface area contributed by atoms with Gasteiger partial charge in [-0.3, -0.25) is 0 Å². The van der Waals surface area contributed by atoms with Gasteiger partial charge in [-0.1, -0.05) is 6.07 Å². The molecule has 0 aliphatic heterocycles. The van der Waals surface area contributed by atoms with Crippen LogP contribution in [0.1, 0.15) is 20.8 Å². The van der Waals surface area contributed by atoms with Crippen LogP contribution in [0.3, 0.4) is 0 Å². The van der Waals surface area contributed by atoms with Crippen LogP contribution >= 0.6 is 11.3 Å². The first-order valence-electron chi connectivity index (χ1n) is 5.58. The van der Waals surface area contributed by atoms with E-state index in [0.29, 0.717) is 11.3 Å². The molecule has 0 unspecified atom stereocenters. The van der Waals surface area contributed by atoms with Crippen molar-refractivity contribution in [2.45, 2.75) is 12.7 Å². The molecule has 0 radical (unpaired) electrons. The van der Waals surface area contributed by atoms with Gasteiger partial charge in [0.15, 0.2) is 0 Å². The lowest BCUT2D eigenvalue weighted by molar-refractivity contribution is -0.137. The first-order chi connectivity index (χ1) is 9.38. The van der Waals surface area contributed by atoms with E-state index in [1.165, 1.54) is 12.1 Å². The molecule has 20 heavy (non-hydrogen) atoms. The van der Waals surface area contributed by atoms with Crippen LogP contribution in [-0.2, 0) is 12.7 Å². The fraction of sp³-hybridized carbons (Fsp3) is 0.154. The van der Waals surface area contributed by atoms with Crippen molar-refractivity contribution in [2.75, 3.05) is 5.32 Å².